The number of carbonyl (C=O) groups is 4. The molecule has 0 aliphatic carbocycles. The molecule has 152 valence electrons. The molecule has 28 heavy (non-hydrogen) atoms. The minimum atomic E-state index is -1.38. The number of phenolic OH excluding ortho intramolecular Hbond substituents is 1. The van der Waals surface area contributed by atoms with Gasteiger partial charge in [0.05, 0.1) is 17.2 Å². The van der Waals surface area contributed by atoms with Crippen LogP contribution in [0.4, 0.5) is 5.69 Å². The highest BCUT2D eigenvalue weighted by Gasteiger charge is 2.39. The summed E-state index contributed by atoms with van der Waals surface area (Å²) in [6.07, 6.45) is -3.04. The van der Waals surface area contributed by atoms with Crippen molar-refractivity contribution in [2.45, 2.75) is 45.1 Å². The number of phenols is 1. The van der Waals surface area contributed by atoms with E-state index in [0.29, 0.717) is 6.41 Å². The molecule has 1 aliphatic rings. The van der Waals surface area contributed by atoms with Gasteiger partial charge in [-0.25, -0.2) is 4.79 Å². The number of rotatable bonds is 4. The first-order valence-corrected chi connectivity index (χ1v) is 8.59. The Hall–Kier alpha value is -3.14. The van der Waals surface area contributed by atoms with Crippen LogP contribution in [0.1, 0.15) is 31.1 Å². The minimum Gasteiger partial charge on any atom is -0.505 e. The number of nitrogens with one attached hydrogen (secondary N) is 2. The fourth-order valence-electron chi connectivity index (χ4n) is 2.72. The third-order valence-corrected chi connectivity index (χ3v) is 4.47. The molecule has 0 saturated carbocycles. The summed E-state index contributed by atoms with van der Waals surface area (Å²) >= 11 is 0. The largest absolute Gasteiger partial charge is 0.505 e. The predicted octanol–water partition coefficient (Wildman–Crippen LogP) is -0.0671. The van der Waals surface area contributed by atoms with E-state index < -0.39 is 53.9 Å². The Morgan fingerprint density at radius 3 is 2.39 bits per heavy atom. The van der Waals surface area contributed by atoms with E-state index in [4.69, 9.17) is 9.47 Å². The van der Waals surface area contributed by atoms with E-state index in [1.54, 1.807) is 0 Å². The molecule has 10 nitrogen and oxygen atoms in total. The van der Waals surface area contributed by atoms with Gasteiger partial charge in [0.25, 0.3) is 5.91 Å². The third-order valence-electron chi connectivity index (χ3n) is 4.47. The molecule has 1 aliphatic heterocycles. The van der Waals surface area contributed by atoms with Crippen molar-refractivity contribution in [2.24, 2.45) is 5.92 Å². The lowest BCUT2D eigenvalue weighted by Crippen LogP contribution is -2.50. The molecule has 5 atom stereocenters. The number of anilines is 1. The van der Waals surface area contributed by atoms with Crippen LogP contribution in [0.3, 0.4) is 0 Å². The Morgan fingerprint density at radius 2 is 1.75 bits per heavy atom. The number of hydrogen-bond acceptors (Lipinski definition) is 8. The average molecular weight is 394 g/mol. The SMILES string of the molecule is C[C@@H]1OC(=O)C(NC(=O)c2cccc(NC=O)c2O)[C@@H](C)OC(=O)[C@H](C)[C@H]1O. The van der Waals surface area contributed by atoms with Gasteiger partial charge in [0.2, 0.25) is 6.41 Å². The summed E-state index contributed by atoms with van der Waals surface area (Å²) in [6.45, 7) is 4.25. The number of hydrogen-bond donors (Lipinski definition) is 4. The normalized spacial score (nSPS) is 28.1. The molecular formula is C18H22N2O8. The number of ether oxygens (including phenoxy) is 2. The zero-order chi connectivity index (χ0) is 21.0. The van der Waals surface area contributed by atoms with Crippen LogP contribution < -0.4 is 10.6 Å². The summed E-state index contributed by atoms with van der Waals surface area (Å²) in [5, 5.41) is 24.8. The van der Waals surface area contributed by atoms with E-state index in [2.05, 4.69) is 10.6 Å². The van der Waals surface area contributed by atoms with Gasteiger partial charge in [0.1, 0.15) is 18.3 Å². The van der Waals surface area contributed by atoms with Crippen molar-refractivity contribution in [1.29, 1.82) is 0 Å². The molecule has 10 heteroatoms. The molecule has 0 radical (unpaired) electrons. The Labute approximate surface area is 160 Å². The summed E-state index contributed by atoms with van der Waals surface area (Å²) in [4.78, 5) is 47.7. The summed E-state index contributed by atoms with van der Waals surface area (Å²) in [7, 11) is 0. The number of esters is 2. The van der Waals surface area contributed by atoms with Gasteiger partial charge in [0.15, 0.2) is 11.8 Å². The molecule has 1 aromatic rings. The first-order chi connectivity index (χ1) is 13.2. The Bertz CT molecular complexity index is 781. The lowest BCUT2D eigenvalue weighted by Gasteiger charge is -2.24. The quantitative estimate of drug-likeness (QED) is 0.315. The van der Waals surface area contributed by atoms with E-state index in [9.17, 15) is 29.4 Å². The van der Waals surface area contributed by atoms with Gasteiger partial charge in [-0.05, 0) is 32.9 Å². The lowest BCUT2D eigenvalue weighted by atomic mass is 10.0. The van der Waals surface area contributed by atoms with Crippen molar-refractivity contribution >= 4 is 29.9 Å². The summed E-state index contributed by atoms with van der Waals surface area (Å²) < 4.78 is 10.3. The maximum Gasteiger partial charge on any atom is 0.332 e. The highest BCUT2D eigenvalue weighted by molar-refractivity contribution is 6.01. The zero-order valence-corrected chi connectivity index (χ0v) is 15.5. The van der Waals surface area contributed by atoms with Crippen LogP contribution in [0, 0.1) is 5.92 Å². The molecule has 0 bridgehead atoms. The molecule has 1 unspecified atom stereocenters. The summed E-state index contributed by atoms with van der Waals surface area (Å²) in [5.41, 5.74) is -0.204. The van der Waals surface area contributed by atoms with Gasteiger partial charge in [0, 0.05) is 0 Å². The molecule has 0 aromatic heterocycles. The number of aromatic hydroxyl groups is 1. The topological polar surface area (TPSA) is 151 Å². The number of carbonyl (C=O) groups excluding carboxylic acids is 4. The van der Waals surface area contributed by atoms with Crippen molar-refractivity contribution in [1.82, 2.24) is 5.32 Å². The highest BCUT2D eigenvalue weighted by Crippen LogP contribution is 2.27. The van der Waals surface area contributed by atoms with Gasteiger partial charge < -0.3 is 30.3 Å². The van der Waals surface area contributed by atoms with Gasteiger partial charge in [-0.1, -0.05) is 6.07 Å². The second-order valence-corrected chi connectivity index (χ2v) is 6.48. The summed E-state index contributed by atoms with van der Waals surface area (Å²) in [5.74, 6) is -3.93. The fraction of sp³-hybridized carbons (Fsp3) is 0.444. The molecule has 1 aromatic carbocycles. The lowest BCUT2D eigenvalue weighted by molar-refractivity contribution is -0.158. The molecule has 2 amide bonds. The third kappa shape index (κ3) is 4.39. The van der Waals surface area contributed by atoms with Gasteiger partial charge in [-0.15, -0.1) is 0 Å². The van der Waals surface area contributed by atoms with Gasteiger partial charge in [-0.2, -0.15) is 0 Å². The highest BCUT2D eigenvalue weighted by atomic mass is 16.6. The van der Waals surface area contributed by atoms with Crippen LogP contribution in [0.25, 0.3) is 0 Å². The number of benzene rings is 1. The zero-order valence-electron chi connectivity index (χ0n) is 15.5. The van der Waals surface area contributed by atoms with Crippen LogP contribution in [0.2, 0.25) is 0 Å². The maximum atomic E-state index is 12.6. The number of aliphatic hydroxyl groups is 1. The first kappa shape index (κ1) is 21.2. The van der Waals surface area contributed by atoms with E-state index >= 15 is 0 Å². The second-order valence-electron chi connectivity index (χ2n) is 6.48. The smallest absolute Gasteiger partial charge is 0.332 e. The van der Waals surface area contributed by atoms with Crippen molar-refractivity contribution in [3.05, 3.63) is 23.8 Å². The minimum absolute atomic E-state index is 0.00439. The number of cyclic esters (lactones) is 2. The maximum absolute atomic E-state index is 12.6. The fourth-order valence-corrected chi connectivity index (χ4v) is 2.72. The Kier molecular flexibility index (Phi) is 6.57. The van der Waals surface area contributed by atoms with Crippen molar-refractivity contribution in [3.63, 3.8) is 0 Å². The van der Waals surface area contributed by atoms with E-state index in [0.717, 1.165) is 0 Å². The number of para-hydroxylation sites is 1. The van der Waals surface area contributed by atoms with Crippen molar-refractivity contribution < 1.29 is 38.9 Å². The molecular weight excluding hydrogens is 372 g/mol. The molecule has 1 saturated heterocycles. The van der Waals surface area contributed by atoms with Crippen molar-refractivity contribution in [2.75, 3.05) is 5.32 Å². The standard InChI is InChI=1S/C18H22N2O8/c1-8-14(22)10(3)28-18(26)13(9(2)27-17(8)25)20-16(24)11-5-4-6-12(15(11)23)19-7-21/h4-10,13-14,22-23H,1-3H3,(H,19,21)(H,20,24)/t8-,9-,10+,13?,14-/m1/s1. The van der Waals surface area contributed by atoms with Gasteiger partial charge >= 0.3 is 11.9 Å². The Balaban J connectivity index is 2.28. The van der Waals surface area contributed by atoms with Crippen LogP contribution in [-0.2, 0) is 23.9 Å². The molecule has 1 heterocycles. The second kappa shape index (κ2) is 8.70. The van der Waals surface area contributed by atoms with Crippen LogP contribution >= 0.6 is 0 Å². The van der Waals surface area contributed by atoms with Gasteiger partial charge in [-0.3, -0.25) is 14.4 Å². The van der Waals surface area contributed by atoms with E-state index in [1.807, 2.05) is 0 Å². The predicted molar refractivity (Wildman–Crippen MR) is 95.3 cm³/mol. The molecule has 1 fully saturated rings. The Morgan fingerprint density at radius 1 is 1.11 bits per heavy atom. The molecule has 4 N–H and O–H groups in total. The molecule has 0 spiro atoms. The van der Waals surface area contributed by atoms with Crippen LogP contribution in [-0.4, -0.2) is 58.8 Å². The summed E-state index contributed by atoms with van der Waals surface area (Å²) in [6, 6.07) is 2.71. The van der Waals surface area contributed by atoms with E-state index in [-0.39, 0.29) is 11.3 Å². The van der Waals surface area contributed by atoms with E-state index in [1.165, 1.54) is 39.0 Å². The number of aliphatic hydroxyl groups excluding tert-OH is 1. The van der Waals surface area contributed by atoms with Crippen molar-refractivity contribution in [3.8, 4) is 5.75 Å². The van der Waals surface area contributed by atoms with Crippen LogP contribution in [0.5, 0.6) is 5.75 Å². The first-order valence-electron chi connectivity index (χ1n) is 8.59. The molecule has 2 rings (SSSR count). The van der Waals surface area contributed by atoms with Crippen LogP contribution in [0.15, 0.2) is 18.2 Å². The monoisotopic (exact) mass is 394 g/mol. The number of amides is 2. The average Bonchev–Trinajstić information content (AvgIpc) is 2.67.